The van der Waals surface area contributed by atoms with Gasteiger partial charge in [-0.1, -0.05) is 35.8 Å². The van der Waals surface area contributed by atoms with E-state index in [9.17, 15) is 14.0 Å². The molecule has 2 amide bonds. The molecule has 3 N–H and O–H groups in total. The van der Waals surface area contributed by atoms with Crippen LogP contribution < -0.4 is 10.6 Å². The van der Waals surface area contributed by atoms with Crippen LogP contribution in [0.25, 0.3) is 22.6 Å². The monoisotopic (exact) mass is 824 g/mol. The van der Waals surface area contributed by atoms with Crippen molar-refractivity contribution in [2.75, 3.05) is 13.1 Å². The third-order valence-corrected chi connectivity index (χ3v) is 9.83. The molecule has 0 aliphatic carbocycles. The summed E-state index contributed by atoms with van der Waals surface area (Å²) in [6.07, 6.45) is 16.0. The van der Waals surface area contributed by atoms with E-state index in [2.05, 4.69) is 59.7 Å². The van der Waals surface area contributed by atoms with Gasteiger partial charge in [0.25, 0.3) is 11.8 Å². The number of nitrogens with zero attached hydrogens (tertiary/aromatic N) is 7. The second-order valence-corrected chi connectivity index (χ2v) is 14.1. The van der Waals surface area contributed by atoms with E-state index >= 15 is 4.39 Å². The smallest absolute Gasteiger partial charge is 0.251 e. The van der Waals surface area contributed by atoms with E-state index in [4.69, 9.17) is 0 Å². The third kappa shape index (κ3) is 9.73. The van der Waals surface area contributed by atoms with Crippen molar-refractivity contribution >= 4 is 11.8 Å². The van der Waals surface area contributed by atoms with Gasteiger partial charge in [0.05, 0.1) is 52.5 Å². The van der Waals surface area contributed by atoms with Crippen molar-refractivity contribution < 1.29 is 18.4 Å². The van der Waals surface area contributed by atoms with E-state index < -0.39 is 11.6 Å². The summed E-state index contributed by atoms with van der Waals surface area (Å²) in [4.78, 5) is 30.5. The zero-order valence-electron chi connectivity index (χ0n) is 33.2. The van der Waals surface area contributed by atoms with E-state index in [0.29, 0.717) is 70.9 Å². The molecule has 0 saturated heterocycles. The molecule has 12 nitrogen and oxygen atoms in total. The first-order valence-corrected chi connectivity index (χ1v) is 19.8. The summed E-state index contributed by atoms with van der Waals surface area (Å²) in [6, 6.07) is 24.4. The number of H-pyrrole nitrogens is 1. The molecule has 0 radical (unpaired) electrons. The SMILES string of the molecule is O=C(NCCCc1cn[nH]c1)c1ccc(-n2cccn2)c(C#Cc2cccc(-c3ccnn3-c3ccc(C(=O)NCCCn4ccnc4)cc3C#Cc3cccc(F)c3)c2F)c1. The first-order valence-electron chi connectivity index (χ1n) is 19.8. The van der Waals surface area contributed by atoms with E-state index in [1.54, 1.807) is 126 Å². The Balaban J connectivity index is 1.08. The van der Waals surface area contributed by atoms with Crippen LogP contribution in [0.1, 0.15) is 61.4 Å². The van der Waals surface area contributed by atoms with Crippen LogP contribution in [0.2, 0.25) is 0 Å². The van der Waals surface area contributed by atoms with Gasteiger partial charge in [-0.2, -0.15) is 15.3 Å². The first kappa shape index (κ1) is 40.4. The molecule has 8 rings (SSSR count). The molecule has 0 spiro atoms. The summed E-state index contributed by atoms with van der Waals surface area (Å²) in [5.74, 6) is 10.6. The van der Waals surface area contributed by atoms with E-state index in [1.807, 2.05) is 17.0 Å². The molecular weight excluding hydrogens is 787 g/mol. The van der Waals surface area contributed by atoms with Crippen LogP contribution in [-0.4, -0.2) is 64.2 Å². The number of imidazole rings is 1. The Bertz CT molecular complexity index is 2950. The van der Waals surface area contributed by atoms with Crippen LogP contribution in [0.3, 0.4) is 0 Å². The van der Waals surface area contributed by atoms with Crippen LogP contribution in [0, 0.1) is 35.3 Å². The van der Waals surface area contributed by atoms with E-state index in [0.717, 1.165) is 18.4 Å². The quantitative estimate of drug-likeness (QED) is 0.0854. The Kier molecular flexibility index (Phi) is 12.5. The highest BCUT2D eigenvalue weighted by molar-refractivity contribution is 5.95. The minimum Gasteiger partial charge on any atom is -0.352 e. The Hall–Kier alpha value is -8.36. The van der Waals surface area contributed by atoms with Crippen molar-refractivity contribution in [1.29, 1.82) is 0 Å². The van der Waals surface area contributed by atoms with Crippen molar-refractivity contribution in [3.63, 3.8) is 0 Å². The molecule has 0 atom stereocenters. The molecule has 0 aliphatic rings. The van der Waals surface area contributed by atoms with Crippen molar-refractivity contribution in [3.05, 3.63) is 191 Å². The fourth-order valence-corrected chi connectivity index (χ4v) is 6.71. The average molecular weight is 825 g/mol. The third-order valence-electron chi connectivity index (χ3n) is 9.83. The topological polar surface area (TPSA) is 140 Å². The van der Waals surface area contributed by atoms with Gasteiger partial charge < -0.3 is 15.2 Å². The van der Waals surface area contributed by atoms with Crippen molar-refractivity contribution in [3.8, 4) is 46.3 Å². The molecule has 4 heterocycles. The summed E-state index contributed by atoms with van der Waals surface area (Å²) in [6.45, 7) is 1.60. The molecule has 8 aromatic rings. The number of halogens is 2. The maximum absolute atomic E-state index is 16.7. The minimum atomic E-state index is -0.590. The first-order chi connectivity index (χ1) is 30.4. The summed E-state index contributed by atoms with van der Waals surface area (Å²) in [7, 11) is 0. The zero-order chi connectivity index (χ0) is 42.7. The van der Waals surface area contributed by atoms with Gasteiger partial charge >= 0.3 is 0 Å². The number of amides is 2. The van der Waals surface area contributed by atoms with Crippen molar-refractivity contribution in [2.24, 2.45) is 0 Å². The van der Waals surface area contributed by atoms with Gasteiger partial charge in [0.2, 0.25) is 0 Å². The number of hydrogen-bond acceptors (Lipinski definition) is 6. The van der Waals surface area contributed by atoms with E-state index in [1.165, 1.54) is 12.1 Å². The zero-order valence-corrected chi connectivity index (χ0v) is 33.2. The number of benzene rings is 4. The van der Waals surface area contributed by atoms with Crippen LogP contribution in [0.15, 0.2) is 141 Å². The van der Waals surface area contributed by atoms with Crippen LogP contribution >= 0.6 is 0 Å². The number of rotatable bonds is 13. The Morgan fingerprint density at radius 3 is 2.21 bits per heavy atom. The lowest BCUT2D eigenvalue weighted by Gasteiger charge is -2.13. The lowest BCUT2D eigenvalue weighted by Crippen LogP contribution is -2.25. The second kappa shape index (κ2) is 19.1. The minimum absolute atomic E-state index is 0.113. The molecule has 0 bridgehead atoms. The van der Waals surface area contributed by atoms with Gasteiger partial charge in [-0.05, 0) is 104 Å². The molecule has 0 fully saturated rings. The van der Waals surface area contributed by atoms with Crippen molar-refractivity contribution in [2.45, 2.75) is 25.8 Å². The fourth-order valence-electron chi connectivity index (χ4n) is 6.71. The Morgan fingerprint density at radius 2 is 1.47 bits per heavy atom. The number of aryl methyl sites for hydroxylation is 2. The Labute approximate surface area is 355 Å². The number of aromatic amines is 1. The molecule has 0 saturated carbocycles. The fraction of sp³-hybridized carbons (Fsp3) is 0.125. The summed E-state index contributed by atoms with van der Waals surface area (Å²) < 4.78 is 35.8. The van der Waals surface area contributed by atoms with Crippen molar-refractivity contribution in [1.82, 2.24) is 49.9 Å². The summed E-state index contributed by atoms with van der Waals surface area (Å²) in [5.41, 5.74) is 4.96. The number of carbonyl (C=O) groups excluding carboxylic acids is 2. The lowest BCUT2D eigenvalue weighted by atomic mass is 10.0. The standard InChI is InChI=1S/C48H38F2N10O2/c49-41-9-1-6-34(28-41)11-12-38-30-40(48(62)53-21-4-25-58-27-24-51-33-58)16-18-44(38)60-45(19-23-57-60)42-10-2-8-36(46(42)50)13-14-37-29-39(15-17-43(37)59-26-5-22-56-59)47(61)52-20-3-7-35-31-54-55-32-35/h1-2,5-6,8-10,15-19,22-24,26-33H,3-4,7,20-21,25H2,(H,52,61)(H,53,62)(H,54,55). The molecule has 306 valence electrons. The second-order valence-electron chi connectivity index (χ2n) is 14.1. The largest absolute Gasteiger partial charge is 0.352 e. The molecule has 4 aromatic heterocycles. The van der Waals surface area contributed by atoms with Gasteiger partial charge in [-0.3, -0.25) is 14.7 Å². The number of carbonyl (C=O) groups is 2. The highest BCUT2D eigenvalue weighted by Crippen LogP contribution is 2.29. The molecule has 4 aromatic carbocycles. The lowest BCUT2D eigenvalue weighted by molar-refractivity contribution is 0.0944. The van der Waals surface area contributed by atoms with Crippen LogP contribution in [-0.2, 0) is 13.0 Å². The van der Waals surface area contributed by atoms with Gasteiger partial charge in [-0.15, -0.1) is 0 Å². The predicted octanol–water partition coefficient (Wildman–Crippen LogP) is 6.91. The van der Waals surface area contributed by atoms with E-state index in [-0.39, 0.29) is 22.9 Å². The Morgan fingerprint density at radius 1 is 0.710 bits per heavy atom. The molecular formula is C48H38F2N10O2. The highest BCUT2D eigenvalue weighted by atomic mass is 19.1. The maximum atomic E-state index is 16.7. The maximum Gasteiger partial charge on any atom is 0.251 e. The molecule has 0 unspecified atom stereocenters. The van der Waals surface area contributed by atoms with Gasteiger partial charge in [0, 0.05) is 72.9 Å². The normalized spacial score (nSPS) is 10.7. The average Bonchev–Trinajstić information content (AvgIpc) is 4.15. The van der Waals surface area contributed by atoms with Gasteiger partial charge in [0.15, 0.2) is 0 Å². The number of aromatic nitrogens is 8. The molecule has 0 aliphatic heterocycles. The number of nitrogens with one attached hydrogen (secondary N) is 3. The molecule has 62 heavy (non-hydrogen) atoms. The van der Waals surface area contributed by atoms with Crippen LogP contribution in [0.5, 0.6) is 0 Å². The predicted molar refractivity (Wildman–Crippen MR) is 229 cm³/mol. The van der Waals surface area contributed by atoms with Crippen LogP contribution in [0.4, 0.5) is 8.78 Å². The van der Waals surface area contributed by atoms with Gasteiger partial charge in [-0.25, -0.2) is 23.1 Å². The summed E-state index contributed by atoms with van der Waals surface area (Å²) >= 11 is 0. The summed E-state index contributed by atoms with van der Waals surface area (Å²) in [5, 5.41) is 21.6. The van der Waals surface area contributed by atoms with Gasteiger partial charge in [0.1, 0.15) is 11.6 Å². The number of hydrogen-bond donors (Lipinski definition) is 3. The highest BCUT2D eigenvalue weighted by Gasteiger charge is 2.18. The molecule has 14 heteroatoms.